The molecule has 1 unspecified atom stereocenters. The van der Waals surface area contributed by atoms with Crippen LogP contribution in [0.4, 0.5) is 10.1 Å². The number of hydrogen-bond acceptors (Lipinski definition) is 4. The smallest absolute Gasteiger partial charge is 0.123 e. The average Bonchev–Trinajstić information content (AvgIpc) is 2.83. The van der Waals surface area contributed by atoms with Crippen LogP contribution < -0.4 is 10.1 Å². The number of benzene rings is 1. The van der Waals surface area contributed by atoms with E-state index in [4.69, 9.17) is 4.74 Å². The van der Waals surface area contributed by atoms with Gasteiger partial charge in [0.2, 0.25) is 0 Å². The van der Waals surface area contributed by atoms with Gasteiger partial charge in [0.05, 0.1) is 11.0 Å². The summed E-state index contributed by atoms with van der Waals surface area (Å²) >= 11 is 1.68. The summed E-state index contributed by atoms with van der Waals surface area (Å²) in [4.78, 5) is 5.44. The maximum Gasteiger partial charge on any atom is 0.123 e. The van der Waals surface area contributed by atoms with E-state index in [-0.39, 0.29) is 12.6 Å². The maximum absolute atomic E-state index is 12.1. The van der Waals surface area contributed by atoms with Gasteiger partial charge in [-0.3, -0.25) is 0 Å². The number of aryl methyl sites for hydroxylation is 1. The van der Waals surface area contributed by atoms with Gasteiger partial charge < -0.3 is 10.1 Å². The molecule has 1 N–H and O–H groups in total. The van der Waals surface area contributed by atoms with Gasteiger partial charge in [0.1, 0.15) is 19.0 Å². The molecule has 0 saturated heterocycles. The van der Waals surface area contributed by atoms with Crippen LogP contribution in [0.2, 0.25) is 0 Å². The molecule has 0 radical (unpaired) electrons. The van der Waals surface area contributed by atoms with Crippen molar-refractivity contribution in [3.8, 4) is 5.75 Å². The molecule has 2 aromatic rings. The average molecular weight is 280 g/mol. The summed E-state index contributed by atoms with van der Waals surface area (Å²) in [5.74, 6) is 0.676. The first-order valence-electron chi connectivity index (χ1n) is 6.16. The Labute approximate surface area is 116 Å². The lowest BCUT2D eigenvalue weighted by atomic mass is 10.2. The summed E-state index contributed by atoms with van der Waals surface area (Å²) in [6.07, 6.45) is 1.89. The second kappa shape index (κ2) is 6.52. The first-order chi connectivity index (χ1) is 9.19. The number of thiazole rings is 1. The van der Waals surface area contributed by atoms with E-state index in [2.05, 4.69) is 17.2 Å². The Hall–Kier alpha value is -1.62. The summed E-state index contributed by atoms with van der Waals surface area (Å²) in [6.45, 7) is 3.69. The zero-order valence-corrected chi connectivity index (χ0v) is 11.8. The number of hydrogen-bond donors (Lipinski definition) is 1. The van der Waals surface area contributed by atoms with Crippen LogP contribution in [0.1, 0.15) is 22.9 Å². The van der Waals surface area contributed by atoms with Crippen LogP contribution >= 0.6 is 11.3 Å². The van der Waals surface area contributed by atoms with Crippen molar-refractivity contribution in [2.75, 3.05) is 18.6 Å². The summed E-state index contributed by atoms with van der Waals surface area (Å²) in [5.41, 5.74) is 0.954. The van der Waals surface area contributed by atoms with E-state index in [1.807, 2.05) is 37.4 Å². The van der Waals surface area contributed by atoms with Crippen molar-refractivity contribution in [2.24, 2.45) is 0 Å². The molecule has 1 heterocycles. The number of nitrogens with one attached hydrogen (secondary N) is 1. The molecule has 1 atom stereocenters. The van der Waals surface area contributed by atoms with Crippen LogP contribution in [-0.2, 0) is 0 Å². The van der Waals surface area contributed by atoms with Crippen molar-refractivity contribution in [3.05, 3.63) is 40.3 Å². The number of anilines is 1. The van der Waals surface area contributed by atoms with Crippen LogP contribution in [0.25, 0.3) is 0 Å². The maximum atomic E-state index is 12.1. The number of alkyl halides is 1. The summed E-state index contributed by atoms with van der Waals surface area (Å²) < 4.78 is 17.3. The zero-order chi connectivity index (χ0) is 13.7. The van der Waals surface area contributed by atoms with Crippen molar-refractivity contribution >= 4 is 17.0 Å². The lowest BCUT2D eigenvalue weighted by Gasteiger charge is -2.14. The molecule has 19 heavy (non-hydrogen) atoms. The summed E-state index contributed by atoms with van der Waals surface area (Å²) in [5, 5.41) is 4.44. The van der Waals surface area contributed by atoms with Crippen molar-refractivity contribution in [1.82, 2.24) is 4.98 Å². The van der Waals surface area contributed by atoms with E-state index < -0.39 is 6.67 Å². The van der Waals surface area contributed by atoms with Crippen molar-refractivity contribution in [2.45, 2.75) is 19.9 Å². The first kappa shape index (κ1) is 13.8. The lowest BCUT2D eigenvalue weighted by Crippen LogP contribution is -2.05. The van der Waals surface area contributed by atoms with Gasteiger partial charge in [0, 0.05) is 22.8 Å². The summed E-state index contributed by atoms with van der Waals surface area (Å²) in [7, 11) is 0. The third-order valence-corrected chi connectivity index (χ3v) is 3.72. The Morgan fingerprint density at radius 1 is 1.47 bits per heavy atom. The predicted molar refractivity (Wildman–Crippen MR) is 76.8 cm³/mol. The molecule has 0 saturated carbocycles. The van der Waals surface area contributed by atoms with Gasteiger partial charge >= 0.3 is 0 Å². The third-order valence-electron chi connectivity index (χ3n) is 2.63. The van der Waals surface area contributed by atoms with Crippen LogP contribution in [0.5, 0.6) is 5.75 Å². The fourth-order valence-corrected chi connectivity index (χ4v) is 2.52. The molecule has 0 amide bonds. The number of rotatable bonds is 6. The number of aromatic nitrogens is 1. The van der Waals surface area contributed by atoms with Gasteiger partial charge in [0.15, 0.2) is 0 Å². The Kier molecular flexibility index (Phi) is 4.74. The van der Waals surface area contributed by atoms with E-state index in [1.54, 1.807) is 11.3 Å². The molecule has 102 valence electrons. The standard InChI is InChI=1S/C14H17FN2OS/c1-10(14-9-16-11(2)19-14)17-12-4-3-5-13(8-12)18-7-6-15/h3-5,8-10,17H,6-7H2,1-2H3. The highest BCUT2D eigenvalue weighted by Crippen LogP contribution is 2.25. The van der Waals surface area contributed by atoms with E-state index in [1.165, 1.54) is 4.88 Å². The molecular formula is C14H17FN2OS. The van der Waals surface area contributed by atoms with E-state index in [0.717, 1.165) is 10.7 Å². The quantitative estimate of drug-likeness (QED) is 0.869. The highest BCUT2D eigenvalue weighted by Gasteiger charge is 2.08. The van der Waals surface area contributed by atoms with Gasteiger partial charge in [-0.1, -0.05) is 6.07 Å². The van der Waals surface area contributed by atoms with Gasteiger partial charge in [-0.25, -0.2) is 9.37 Å². The fraction of sp³-hybridized carbons (Fsp3) is 0.357. The monoisotopic (exact) mass is 280 g/mol. The normalized spacial score (nSPS) is 12.2. The number of ether oxygens (including phenoxy) is 1. The Bertz CT molecular complexity index is 530. The van der Waals surface area contributed by atoms with Gasteiger partial charge in [-0.15, -0.1) is 11.3 Å². The molecule has 0 fully saturated rings. The van der Waals surface area contributed by atoms with Crippen LogP contribution in [0, 0.1) is 6.92 Å². The van der Waals surface area contributed by atoms with E-state index in [9.17, 15) is 4.39 Å². The number of halogens is 1. The second-order valence-electron chi connectivity index (χ2n) is 4.21. The van der Waals surface area contributed by atoms with Gasteiger partial charge in [0.25, 0.3) is 0 Å². The molecule has 0 aliphatic rings. The van der Waals surface area contributed by atoms with Crippen LogP contribution in [0.15, 0.2) is 30.5 Å². The topological polar surface area (TPSA) is 34.2 Å². The minimum absolute atomic E-state index is 0.0903. The van der Waals surface area contributed by atoms with Crippen molar-refractivity contribution in [3.63, 3.8) is 0 Å². The minimum atomic E-state index is -0.478. The zero-order valence-electron chi connectivity index (χ0n) is 11.0. The predicted octanol–water partition coefficient (Wildman–Crippen LogP) is 3.97. The van der Waals surface area contributed by atoms with Crippen molar-refractivity contribution < 1.29 is 9.13 Å². The molecular weight excluding hydrogens is 263 g/mol. The largest absolute Gasteiger partial charge is 0.491 e. The molecule has 0 bridgehead atoms. The Morgan fingerprint density at radius 2 is 2.32 bits per heavy atom. The Morgan fingerprint density at radius 3 is 3.00 bits per heavy atom. The first-order valence-corrected chi connectivity index (χ1v) is 6.98. The fourth-order valence-electron chi connectivity index (χ4n) is 1.73. The van der Waals surface area contributed by atoms with Gasteiger partial charge in [-0.05, 0) is 26.0 Å². The molecule has 5 heteroatoms. The van der Waals surface area contributed by atoms with Crippen LogP contribution in [0.3, 0.4) is 0 Å². The van der Waals surface area contributed by atoms with Crippen molar-refractivity contribution in [1.29, 1.82) is 0 Å². The molecule has 3 nitrogen and oxygen atoms in total. The molecule has 0 aliphatic carbocycles. The van der Waals surface area contributed by atoms with E-state index >= 15 is 0 Å². The molecule has 0 aliphatic heterocycles. The third kappa shape index (κ3) is 3.92. The molecule has 0 spiro atoms. The SMILES string of the molecule is Cc1ncc(C(C)Nc2cccc(OCCF)c2)s1. The molecule has 1 aromatic heterocycles. The van der Waals surface area contributed by atoms with E-state index in [0.29, 0.717) is 5.75 Å². The molecule has 2 rings (SSSR count). The lowest BCUT2D eigenvalue weighted by molar-refractivity contribution is 0.273. The number of nitrogens with zero attached hydrogens (tertiary/aromatic N) is 1. The minimum Gasteiger partial charge on any atom is -0.491 e. The second-order valence-corrected chi connectivity index (χ2v) is 5.48. The Balaban J connectivity index is 2.02. The highest BCUT2D eigenvalue weighted by molar-refractivity contribution is 7.11. The van der Waals surface area contributed by atoms with Gasteiger partial charge in [-0.2, -0.15) is 0 Å². The van der Waals surface area contributed by atoms with Crippen LogP contribution in [-0.4, -0.2) is 18.3 Å². The highest BCUT2D eigenvalue weighted by atomic mass is 32.1. The molecule has 1 aromatic carbocycles. The summed E-state index contributed by atoms with van der Waals surface area (Å²) in [6, 6.07) is 7.73.